The van der Waals surface area contributed by atoms with Gasteiger partial charge in [0, 0.05) is 17.0 Å². The number of carbonyl (C=O) groups is 2. The normalized spacial score (nSPS) is 12.8. The number of nitrogens with one attached hydrogen (secondary N) is 2. The highest BCUT2D eigenvalue weighted by Gasteiger charge is 2.22. The number of amides is 3. The van der Waals surface area contributed by atoms with Crippen molar-refractivity contribution in [2.75, 3.05) is 6.54 Å². The maximum Gasteiger partial charge on any atom is 0.322 e. The Balaban J connectivity index is 2.60. The van der Waals surface area contributed by atoms with Gasteiger partial charge in [0.1, 0.15) is 6.04 Å². The molecule has 0 aliphatic carbocycles. The molecule has 0 spiro atoms. The van der Waals surface area contributed by atoms with Gasteiger partial charge < -0.3 is 10.6 Å². The number of aryl methyl sites for hydroxylation is 1. The van der Waals surface area contributed by atoms with Gasteiger partial charge in [-0.05, 0) is 32.8 Å². The van der Waals surface area contributed by atoms with E-state index >= 15 is 0 Å². The number of imide groups is 1. The van der Waals surface area contributed by atoms with Crippen LogP contribution in [0.3, 0.4) is 0 Å². The highest BCUT2D eigenvalue weighted by Crippen LogP contribution is 2.18. The molecule has 0 fully saturated rings. The van der Waals surface area contributed by atoms with E-state index in [1.807, 2.05) is 26.1 Å². The number of rotatable bonds is 6. The molecule has 0 heterocycles. The summed E-state index contributed by atoms with van der Waals surface area (Å²) in [6.07, 6.45) is 1.02. The Labute approximate surface area is 145 Å². The first kappa shape index (κ1) is 20.2. The van der Waals surface area contributed by atoms with E-state index in [1.165, 1.54) is 11.1 Å². The molecule has 0 saturated carbocycles. The first-order valence-corrected chi connectivity index (χ1v) is 8.66. The smallest absolute Gasteiger partial charge is 0.322 e. The Morgan fingerprint density at radius 2 is 1.71 bits per heavy atom. The fraction of sp³-hybridized carbons (Fsp3) is 0.579. The minimum Gasteiger partial charge on any atom is -0.333 e. The van der Waals surface area contributed by atoms with E-state index in [1.54, 1.807) is 0 Å². The largest absolute Gasteiger partial charge is 0.333 e. The molecule has 1 aromatic carbocycles. The number of urea groups is 1. The van der Waals surface area contributed by atoms with E-state index in [0.717, 1.165) is 6.42 Å². The summed E-state index contributed by atoms with van der Waals surface area (Å²) in [6, 6.07) is 8.26. The number of quaternary nitrogens is 1. The molecule has 0 bridgehead atoms. The Morgan fingerprint density at radius 1 is 1.12 bits per heavy atom. The molecule has 0 radical (unpaired) electrons. The summed E-state index contributed by atoms with van der Waals surface area (Å²) in [4.78, 5) is 23.7. The maximum absolute atomic E-state index is 12.0. The van der Waals surface area contributed by atoms with Gasteiger partial charge in [0.25, 0.3) is 5.91 Å². The van der Waals surface area contributed by atoms with Crippen LogP contribution in [-0.2, 0) is 11.2 Å². The molecule has 0 aromatic heterocycles. The summed E-state index contributed by atoms with van der Waals surface area (Å²) in [5, 5.41) is 7.09. The summed E-state index contributed by atoms with van der Waals surface area (Å²) in [6.45, 7) is 12.2. The third kappa shape index (κ3) is 7.13. The third-order valence-electron chi connectivity index (χ3n) is 3.79. The van der Waals surface area contributed by atoms with Crippen molar-refractivity contribution in [1.82, 2.24) is 10.6 Å². The van der Waals surface area contributed by atoms with Gasteiger partial charge in [-0.3, -0.25) is 10.1 Å². The molecule has 5 nitrogen and oxygen atoms in total. The van der Waals surface area contributed by atoms with Gasteiger partial charge in [0.2, 0.25) is 0 Å². The van der Waals surface area contributed by atoms with Gasteiger partial charge in [-0.15, -0.1) is 0 Å². The minimum absolute atomic E-state index is 0.187. The Kier molecular flexibility index (Phi) is 7.42. The van der Waals surface area contributed by atoms with E-state index in [2.05, 4.69) is 55.7 Å². The van der Waals surface area contributed by atoms with Crippen molar-refractivity contribution in [3.8, 4) is 0 Å². The van der Waals surface area contributed by atoms with Crippen LogP contribution >= 0.6 is 0 Å². The summed E-state index contributed by atoms with van der Waals surface area (Å²) in [5.41, 5.74) is 2.14. The van der Waals surface area contributed by atoms with E-state index in [4.69, 9.17) is 0 Å². The van der Waals surface area contributed by atoms with Crippen LogP contribution < -0.4 is 16.0 Å². The van der Waals surface area contributed by atoms with Crippen molar-refractivity contribution in [3.63, 3.8) is 0 Å². The highest BCUT2D eigenvalue weighted by atomic mass is 16.2. The fourth-order valence-electron chi connectivity index (χ4n) is 2.55. The zero-order valence-electron chi connectivity index (χ0n) is 15.8. The molecule has 1 rings (SSSR count). The molecule has 0 saturated heterocycles. The van der Waals surface area contributed by atoms with Crippen LogP contribution in [0.4, 0.5) is 4.79 Å². The van der Waals surface area contributed by atoms with Crippen LogP contribution in [-0.4, -0.2) is 24.0 Å². The van der Waals surface area contributed by atoms with Crippen molar-refractivity contribution in [1.29, 1.82) is 0 Å². The number of hydrogen-bond donors (Lipinski definition) is 3. The maximum atomic E-state index is 12.0. The molecule has 0 aliphatic heterocycles. The number of hydrogen-bond acceptors (Lipinski definition) is 2. The Bertz CT molecular complexity index is 545. The topological polar surface area (TPSA) is 74.8 Å². The summed E-state index contributed by atoms with van der Waals surface area (Å²) >= 11 is 0. The van der Waals surface area contributed by atoms with Gasteiger partial charge >= 0.3 is 6.03 Å². The lowest BCUT2D eigenvalue weighted by Gasteiger charge is -2.21. The predicted octanol–water partition coefficient (Wildman–Crippen LogP) is 2.13. The molecule has 0 aliphatic rings. The average Bonchev–Trinajstić information content (AvgIpc) is 2.45. The molecular weight excluding hydrogens is 302 g/mol. The first-order valence-electron chi connectivity index (χ1n) is 8.66. The molecule has 5 heteroatoms. The van der Waals surface area contributed by atoms with E-state index in [9.17, 15) is 9.59 Å². The molecule has 3 amide bonds. The summed E-state index contributed by atoms with van der Waals surface area (Å²) < 4.78 is 0. The van der Waals surface area contributed by atoms with Crippen LogP contribution in [0.25, 0.3) is 0 Å². The van der Waals surface area contributed by atoms with Gasteiger partial charge in [0.15, 0.2) is 6.54 Å². The Hall–Kier alpha value is -1.88. The molecule has 1 aromatic rings. The number of nitrogens with two attached hydrogens (primary N) is 1. The van der Waals surface area contributed by atoms with Gasteiger partial charge in [-0.25, -0.2) is 4.79 Å². The van der Waals surface area contributed by atoms with Crippen LogP contribution in [0.15, 0.2) is 24.3 Å². The molecule has 134 valence electrons. The van der Waals surface area contributed by atoms with Crippen LogP contribution in [0.1, 0.15) is 58.7 Å². The first-order chi connectivity index (χ1) is 11.1. The molecule has 4 N–H and O–H groups in total. The zero-order chi connectivity index (χ0) is 18.3. The van der Waals surface area contributed by atoms with Crippen molar-refractivity contribution < 1.29 is 14.9 Å². The summed E-state index contributed by atoms with van der Waals surface area (Å²) in [7, 11) is 0. The SMILES string of the molecule is CCc1ccc([C@H]([NH2+]CC(=O)NC(=O)NC(C)(C)C)C(C)C)cc1. The third-order valence-corrected chi connectivity index (χ3v) is 3.79. The predicted molar refractivity (Wildman–Crippen MR) is 96.6 cm³/mol. The minimum atomic E-state index is -0.450. The van der Waals surface area contributed by atoms with E-state index in [-0.39, 0.29) is 24.0 Å². The molecular formula is C19H32N3O2+. The van der Waals surface area contributed by atoms with Crippen LogP contribution in [0.5, 0.6) is 0 Å². The second-order valence-electron chi connectivity index (χ2n) is 7.56. The second kappa shape index (κ2) is 8.83. The quantitative estimate of drug-likeness (QED) is 0.745. The monoisotopic (exact) mass is 334 g/mol. The molecule has 1 atom stereocenters. The Morgan fingerprint density at radius 3 is 2.17 bits per heavy atom. The van der Waals surface area contributed by atoms with E-state index in [0.29, 0.717) is 5.92 Å². The number of benzene rings is 1. The van der Waals surface area contributed by atoms with Crippen molar-refractivity contribution in [2.45, 2.75) is 59.5 Å². The molecule has 0 unspecified atom stereocenters. The van der Waals surface area contributed by atoms with Gasteiger partial charge in [-0.1, -0.05) is 45.0 Å². The zero-order valence-corrected chi connectivity index (χ0v) is 15.8. The second-order valence-corrected chi connectivity index (χ2v) is 7.56. The molecule has 24 heavy (non-hydrogen) atoms. The van der Waals surface area contributed by atoms with Crippen molar-refractivity contribution in [3.05, 3.63) is 35.4 Å². The summed E-state index contributed by atoms with van der Waals surface area (Å²) in [5.74, 6) is 0.0984. The van der Waals surface area contributed by atoms with Gasteiger partial charge in [0.05, 0.1) is 0 Å². The van der Waals surface area contributed by atoms with Gasteiger partial charge in [-0.2, -0.15) is 0 Å². The number of carbonyl (C=O) groups excluding carboxylic acids is 2. The van der Waals surface area contributed by atoms with E-state index < -0.39 is 6.03 Å². The van der Waals surface area contributed by atoms with Crippen LogP contribution in [0, 0.1) is 5.92 Å². The lowest BCUT2D eigenvalue weighted by molar-refractivity contribution is -0.692. The van der Waals surface area contributed by atoms with Crippen molar-refractivity contribution >= 4 is 11.9 Å². The lowest BCUT2D eigenvalue weighted by atomic mass is 9.95. The lowest BCUT2D eigenvalue weighted by Crippen LogP contribution is -2.88. The van der Waals surface area contributed by atoms with Crippen molar-refractivity contribution in [2.24, 2.45) is 5.92 Å². The highest BCUT2D eigenvalue weighted by molar-refractivity contribution is 5.94. The van der Waals surface area contributed by atoms with Crippen LogP contribution in [0.2, 0.25) is 0 Å². The standard InChI is InChI=1S/C19H31N3O2/c1-7-14-8-10-15(11-9-14)17(13(2)3)20-12-16(23)21-18(24)22-19(4,5)6/h8-11,13,17,20H,7,12H2,1-6H3,(H2,21,22,23,24)/p+1/t17-/m1/s1. The average molecular weight is 334 g/mol. The fourth-order valence-corrected chi connectivity index (χ4v) is 2.55.